The maximum Gasteiger partial charge on any atom is 0.230 e. The van der Waals surface area contributed by atoms with Crippen LogP contribution in [0.4, 0.5) is 5.69 Å². The molecule has 0 saturated carbocycles. The number of benzene rings is 1. The van der Waals surface area contributed by atoms with Crippen LogP contribution in [-0.2, 0) is 4.79 Å². The van der Waals surface area contributed by atoms with Crippen molar-refractivity contribution in [2.45, 2.75) is 19.8 Å². The highest BCUT2D eigenvalue weighted by molar-refractivity contribution is 6.39. The lowest BCUT2D eigenvalue weighted by molar-refractivity contribution is -0.126. The van der Waals surface area contributed by atoms with E-state index in [2.05, 4.69) is 10.6 Å². The lowest BCUT2D eigenvalue weighted by Gasteiger charge is -2.32. The fourth-order valence-corrected chi connectivity index (χ4v) is 2.58. The van der Waals surface area contributed by atoms with Crippen LogP contribution in [0.2, 0.25) is 10.0 Å². The molecule has 0 radical (unpaired) electrons. The minimum atomic E-state index is -0.353. The molecule has 1 fully saturated rings. The van der Waals surface area contributed by atoms with Crippen LogP contribution < -0.4 is 10.6 Å². The number of amides is 1. The van der Waals surface area contributed by atoms with Crippen molar-refractivity contribution in [1.29, 1.82) is 0 Å². The van der Waals surface area contributed by atoms with E-state index >= 15 is 0 Å². The summed E-state index contributed by atoms with van der Waals surface area (Å²) >= 11 is 12.1. The Balaban J connectivity index is 2.16. The average molecular weight is 287 g/mol. The number of carbonyl (C=O) groups is 1. The third-order valence-corrected chi connectivity index (χ3v) is 4.09. The van der Waals surface area contributed by atoms with E-state index in [9.17, 15) is 4.79 Å². The summed E-state index contributed by atoms with van der Waals surface area (Å²) in [5.74, 6) is -0.0148. The second kappa shape index (κ2) is 5.47. The van der Waals surface area contributed by atoms with Crippen molar-refractivity contribution < 1.29 is 4.79 Å². The summed E-state index contributed by atoms with van der Waals surface area (Å²) in [5, 5.41) is 7.04. The van der Waals surface area contributed by atoms with Crippen molar-refractivity contribution in [1.82, 2.24) is 5.32 Å². The van der Waals surface area contributed by atoms with Crippen molar-refractivity contribution >= 4 is 34.8 Å². The molecule has 98 valence electrons. The Kier molecular flexibility index (Phi) is 4.15. The van der Waals surface area contributed by atoms with E-state index in [1.54, 1.807) is 18.2 Å². The minimum Gasteiger partial charge on any atom is -0.323 e. The average Bonchev–Trinajstić information content (AvgIpc) is 2.34. The predicted octanol–water partition coefficient (Wildman–Crippen LogP) is 3.32. The van der Waals surface area contributed by atoms with E-state index in [0.717, 1.165) is 25.9 Å². The Morgan fingerprint density at radius 1 is 1.28 bits per heavy atom. The molecule has 0 atom stereocenters. The van der Waals surface area contributed by atoms with E-state index in [1.807, 2.05) is 6.92 Å². The van der Waals surface area contributed by atoms with Crippen LogP contribution in [0.5, 0.6) is 0 Å². The first kappa shape index (κ1) is 13.7. The molecule has 3 nitrogen and oxygen atoms in total. The van der Waals surface area contributed by atoms with Gasteiger partial charge in [-0.1, -0.05) is 36.2 Å². The van der Waals surface area contributed by atoms with Crippen LogP contribution in [-0.4, -0.2) is 19.0 Å². The van der Waals surface area contributed by atoms with Crippen LogP contribution in [0.3, 0.4) is 0 Å². The quantitative estimate of drug-likeness (QED) is 0.876. The van der Waals surface area contributed by atoms with E-state index in [1.165, 1.54) is 0 Å². The van der Waals surface area contributed by atoms with Crippen molar-refractivity contribution in [3.05, 3.63) is 28.2 Å². The smallest absolute Gasteiger partial charge is 0.230 e. The van der Waals surface area contributed by atoms with Crippen LogP contribution in [0.15, 0.2) is 18.2 Å². The second-order valence-corrected chi connectivity index (χ2v) is 5.68. The van der Waals surface area contributed by atoms with Crippen LogP contribution in [0.25, 0.3) is 0 Å². The molecule has 2 rings (SSSR count). The largest absolute Gasteiger partial charge is 0.323 e. The van der Waals surface area contributed by atoms with Crippen molar-refractivity contribution in [3.63, 3.8) is 0 Å². The normalized spacial score (nSPS) is 18.4. The monoisotopic (exact) mass is 286 g/mol. The van der Waals surface area contributed by atoms with E-state index in [-0.39, 0.29) is 11.3 Å². The lowest BCUT2D eigenvalue weighted by atomic mass is 9.80. The van der Waals surface area contributed by atoms with Gasteiger partial charge in [-0.2, -0.15) is 0 Å². The van der Waals surface area contributed by atoms with E-state index in [0.29, 0.717) is 15.7 Å². The van der Waals surface area contributed by atoms with Gasteiger partial charge in [0.1, 0.15) is 0 Å². The highest BCUT2D eigenvalue weighted by Gasteiger charge is 2.34. The molecule has 5 heteroatoms. The zero-order valence-corrected chi connectivity index (χ0v) is 11.7. The highest BCUT2D eigenvalue weighted by atomic mass is 35.5. The van der Waals surface area contributed by atoms with Crippen LogP contribution >= 0.6 is 23.2 Å². The predicted molar refractivity (Wildman–Crippen MR) is 75.3 cm³/mol. The van der Waals surface area contributed by atoms with Gasteiger partial charge in [-0.3, -0.25) is 4.79 Å². The van der Waals surface area contributed by atoms with Gasteiger partial charge in [0.25, 0.3) is 0 Å². The Morgan fingerprint density at radius 2 is 1.83 bits per heavy atom. The SMILES string of the molecule is CC1(C(=O)Nc2c(Cl)cccc2Cl)CCNCC1. The highest BCUT2D eigenvalue weighted by Crippen LogP contribution is 2.34. The Bertz CT molecular complexity index is 436. The third kappa shape index (κ3) is 2.79. The van der Waals surface area contributed by atoms with Gasteiger partial charge in [-0.25, -0.2) is 0 Å². The van der Waals surface area contributed by atoms with Gasteiger partial charge in [-0.15, -0.1) is 0 Å². The fourth-order valence-electron chi connectivity index (χ4n) is 2.09. The minimum absolute atomic E-state index is 0.0148. The molecule has 1 saturated heterocycles. The molecule has 1 aromatic carbocycles. The molecule has 1 aliphatic rings. The Morgan fingerprint density at radius 3 is 2.39 bits per heavy atom. The number of hydrogen-bond acceptors (Lipinski definition) is 2. The van der Waals surface area contributed by atoms with Crippen molar-refractivity contribution in [3.8, 4) is 0 Å². The summed E-state index contributed by atoms with van der Waals surface area (Å²) in [5.41, 5.74) is 0.152. The summed E-state index contributed by atoms with van der Waals surface area (Å²) in [6.07, 6.45) is 1.64. The number of hydrogen-bond donors (Lipinski definition) is 2. The van der Waals surface area contributed by atoms with Crippen LogP contribution in [0, 0.1) is 5.41 Å². The number of rotatable bonds is 2. The lowest BCUT2D eigenvalue weighted by Crippen LogP contribution is -2.42. The van der Waals surface area contributed by atoms with Crippen molar-refractivity contribution in [2.75, 3.05) is 18.4 Å². The van der Waals surface area contributed by atoms with Gasteiger partial charge < -0.3 is 10.6 Å². The van der Waals surface area contributed by atoms with Gasteiger partial charge in [0.2, 0.25) is 5.91 Å². The molecule has 1 aromatic rings. The summed E-state index contributed by atoms with van der Waals surface area (Å²) in [6, 6.07) is 5.19. The molecule has 1 aliphatic heterocycles. The maximum atomic E-state index is 12.3. The molecule has 0 bridgehead atoms. The number of para-hydroxylation sites is 1. The number of piperidine rings is 1. The van der Waals surface area contributed by atoms with E-state index in [4.69, 9.17) is 23.2 Å². The van der Waals surface area contributed by atoms with Gasteiger partial charge in [0.05, 0.1) is 15.7 Å². The van der Waals surface area contributed by atoms with Gasteiger partial charge in [-0.05, 0) is 38.1 Å². The summed E-state index contributed by atoms with van der Waals surface area (Å²) in [7, 11) is 0. The molecular formula is C13H16Cl2N2O. The van der Waals surface area contributed by atoms with E-state index < -0.39 is 0 Å². The van der Waals surface area contributed by atoms with Crippen molar-refractivity contribution in [2.24, 2.45) is 5.41 Å². The molecule has 0 aromatic heterocycles. The summed E-state index contributed by atoms with van der Waals surface area (Å²) < 4.78 is 0. The molecule has 0 spiro atoms. The van der Waals surface area contributed by atoms with Gasteiger partial charge in [0.15, 0.2) is 0 Å². The third-order valence-electron chi connectivity index (χ3n) is 3.46. The molecular weight excluding hydrogens is 271 g/mol. The standard InChI is InChI=1S/C13H16Cl2N2O/c1-13(5-7-16-8-6-13)12(18)17-11-9(14)3-2-4-10(11)15/h2-4,16H,5-8H2,1H3,(H,17,18). The number of anilines is 1. The molecule has 1 heterocycles. The first-order valence-electron chi connectivity index (χ1n) is 5.99. The number of nitrogens with one attached hydrogen (secondary N) is 2. The Labute approximate surface area is 117 Å². The fraction of sp³-hybridized carbons (Fsp3) is 0.462. The summed E-state index contributed by atoms with van der Waals surface area (Å²) in [4.78, 5) is 12.3. The zero-order chi connectivity index (χ0) is 13.2. The molecule has 0 aliphatic carbocycles. The molecule has 18 heavy (non-hydrogen) atoms. The van der Waals surface area contributed by atoms with Crippen LogP contribution in [0.1, 0.15) is 19.8 Å². The second-order valence-electron chi connectivity index (χ2n) is 4.86. The zero-order valence-electron chi connectivity index (χ0n) is 10.2. The first-order chi connectivity index (χ1) is 8.53. The first-order valence-corrected chi connectivity index (χ1v) is 6.75. The number of carbonyl (C=O) groups excluding carboxylic acids is 1. The van der Waals surface area contributed by atoms with Gasteiger partial charge in [0, 0.05) is 5.41 Å². The number of halogens is 2. The Hall–Kier alpha value is -0.770. The topological polar surface area (TPSA) is 41.1 Å². The summed E-state index contributed by atoms with van der Waals surface area (Å²) in [6.45, 7) is 3.70. The molecule has 2 N–H and O–H groups in total. The maximum absolute atomic E-state index is 12.3. The van der Waals surface area contributed by atoms with Gasteiger partial charge >= 0.3 is 0 Å². The molecule has 1 amide bonds. The molecule has 0 unspecified atom stereocenters.